The highest BCUT2D eigenvalue weighted by Gasteiger charge is 2.36. The Labute approximate surface area is 245 Å². The number of fused-ring (bicyclic) bond motifs is 1. The smallest absolute Gasteiger partial charge is 0.337 e. The monoisotopic (exact) mass is 603 g/mol. The number of carbonyl (C=O) groups excluding carboxylic acids is 3. The van der Waals surface area contributed by atoms with Gasteiger partial charge in [-0.3, -0.25) is 9.59 Å². The molecule has 12 heteroatoms. The summed E-state index contributed by atoms with van der Waals surface area (Å²) in [5, 5.41) is 16.5. The second kappa shape index (κ2) is 13.5. The second-order valence-electron chi connectivity index (χ2n) is 11.1. The number of rotatable bonds is 12. The van der Waals surface area contributed by atoms with Crippen LogP contribution in [0.4, 0.5) is 0 Å². The first-order valence-corrected chi connectivity index (χ1v) is 16.5. The van der Waals surface area contributed by atoms with Crippen molar-refractivity contribution in [2.45, 2.75) is 44.9 Å². The van der Waals surface area contributed by atoms with Gasteiger partial charge in [0.15, 0.2) is 14.9 Å². The minimum atomic E-state index is -1.88. The molecule has 1 unspecified atom stereocenters. The number of aliphatic hydroxyl groups excluding tert-OH is 1. The van der Waals surface area contributed by atoms with Crippen molar-refractivity contribution in [1.29, 1.82) is 0 Å². The molecule has 0 aliphatic heterocycles. The fourth-order valence-electron chi connectivity index (χ4n) is 3.71. The predicted octanol–water partition coefficient (Wildman–Crippen LogP) is 4.59. The molecular weight excluding hydrogens is 566 g/mol. The van der Waals surface area contributed by atoms with Gasteiger partial charge in [-0.1, -0.05) is 44.5 Å². The van der Waals surface area contributed by atoms with Crippen LogP contribution in [0.1, 0.15) is 53.2 Å². The molecular formula is C29H38ClN3O7Si. The SMILES string of the molecule is COC(=O)c1ccc(C(CO)NC(=O)c2cc3cc(Cl)c(OCC(=O)NCCO[Si](C)(C)C(C)(C)C)cc3[nH]2)cc1. The van der Waals surface area contributed by atoms with Gasteiger partial charge in [0, 0.05) is 23.5 Å². The van der Waals surface area contributed by atoms with Crippen molar-refractivity contribution in [3.8, 4) is 5.75 Å². The molecule has 222 valence electrons. The maximum atomic E-state index is 13.0. The third-order valence-electron chi connectivity index (χ3n) is 7.19. The van der Waals surface area contributed by atoms with E-state index < -0.39 is 26.2 Å². The summed E-state index contributed by atoms with van der Waals surface area (Å²) in [7, 11) is -0.591. The Kier molecular flexibility index (Phi) is 10.6. The van der Waals surface area contributed by atoms with Gasteiger partial charge in [-0.25, -0.2) is 4.79 Å². The van der Waals surface area contributed by atoms with E-state index in [9.17, 15) is 19.5 Å². The predicted molar refractivity (Wildman–Crippen MR) is 160 cm³/mol. The summed E-state index contributed by atoms with van der Waals surface area (Å²) in [6, 6.07) is 10.6. The van der Waals surface area contributed by atoms with Crippen molar-refractivity contribution < 1.29 is 33.4 Å². The van der Waals surface area contributed by atoms with E-state index in [0.717, 1.165) is 0 Å². The number of esters is 1. The van der Waals surface area contributed by atoms with Gasteiger partial charge in [0.05, 0.1) is 37.0 Å². The molecule has 10 nitrogen and oxygen atoms in total. The van der Waals surface area contributed by atoms with E-state index in [1.54, 1.807) is 42.5 Å². The number of aromatic nitrogens is 1. The number of carbonyl (C=O) groups is 3. The molecule has 0 fully saturated rings. The molecule has 0 saturated heterocycles. The van der Waals surface area contributed by atoms with Gasteiger partial charge < -0.3 is 34.6 Å². The van der Waals surface area contributed by atoms with E-state index in [0.29, 0.717) is 40.9 Å². The standard InChI is InChI=1S/C29H38ClN3O7Si/c1-29(2,3)41(5,6)40-12-11-31-26(35)17-39-25-15-22-20(13-21(25)30)14-23(32-22)27(36)33-24(16-34)18-7-9-19(10-8-18)28(37)38-4/h7-10,13-15,24,32,34H,11-12,16-17H2,1-6H3,(H,31,35)(H,33,36). The molecule has 3 rings (SSSR count). The molecule has 2 amide bonds. The fraction of sp³-hybridized carbons (Fsp3) is 0.414. The summed E-state index contributed by atoms with van der Waals surface area (Å²) < 4.78 is 16.4. The van der Waals surface area contributed by atoms with Crippen LogP contribution in [0.15, 0.2) is 42.5 Å². The molecule has 0 aliphatic carbocycles. The first-order chi connectivity index (χ1) is 19.3. The highest BCUT2D eigenvalue weighted by molar-refractivity contribution is 6.74. The number of ether oxygens (including phenoxy) is 2. The zero-order valence-corrected chi connectivity index (χ0v) is 26.0. The van der Waals surface area contributed by atoms with Crippen molar-refractivity contribution in [3.63, 3.8) is 0 Å². The van der Waals surface area contributed by atoms with E-state index in [-0.39, 0.29) is 34.9 Å². The molecule has 0 saturated carbocycles. The van der Waals surface area contributed by atoms with Crippen LogP contribution in [0.25, 0.3) is 10.9 Å². The van der Waals surface area contributed by atoms with Gasteiger partial charge in [0.1, 0.15) is 11.4 Å². The largest absolute Gasteiger partial charge is 0.482 e. The van der Waals surface area contributed by atoms with Gasteiger partial charge in [0.25, 0.3) is 11.8 Å². The van der Waals surface area contributed by atoms with Crippen LogP contribution < -0.4 is 15.4 Å². The minimum absolute atomic E-state index is 0.0909. The van der Waals surface area contributed by atoms with E-state index in [2.05, 4.69) is 49.5 Å². The third kappa shape index (κ3) is 8.32. The number of benzene rings is 2. The van der Waals surface area contributed by atoms with Crippen LogP contribution in [-0.2, 0) is 14.0 Å². The molecule has 3 aromatic rings. The van der Waals surface area contributed by atoms with Gasteiger partial charge in [-0.05, 0) is 48.0 Å². The number of amides is 2. The van der Waals surface area contributed by atoms with Gasteiger partial charge >= 0.3 is 5.97 Å². The molecule has 0 spiro atoms. The Morgan fingerprint density at radius 3 is 2.39 bits per heavy atom. The van der Waals surface area contributed by atoms with Crippen molar-refractivity contribution in [3.05, 3.63) is 64.3 Å². The lowest BCUT2D eigenvalue weighted by Gasteiger charge is -2.36. The number of methoxy groups -OCH3 is 1. The highest BCUT2D eigenvalue weighted by atomic mass is 35.5. The Hall–Kier alpha value is -3.38. The average molecular weight is 604 g/mol. The average Bonchev–Trinajstić information content (AvgIpc) is 3.34. The molecule has 1 aromatic heterocycles. The topological polar surface area (TPSA) is 139 Å². The second-order valence-corrected chi connectivity index (χ2v) is 16.3. The Balaban J connectivity index is 1.58. The van der Waals surface area contributed by atoms with Crippen LogP contribution in [0.2, 0.25) is 23.2 Å². The molecule has 0 bridgehead atoms. The number of H-pyrrole nitrogens is 1. The number of aromatic amines is 1. The molecule has 0 aliphatic rings. The van der Waals surface area contributed by atoms with Gasteiger partial charge in [0.2, 0.25) is 0 Å². The number of halogens is 1. The lowest BCUT2D eigenvalue weighted by atomic mass is 10.1. The molecule has 4 N–H and O–H groups in total. The van der Waals surface area contributed by atoms with Crippen LogP contribution in [-0.4, -0.2) is 69.7 Å². The number of hydrogen-bond acceptors (Lipinski definition) is 7. The van der Waals surface area contributed by atoms with Gasteiger partial charge in [-0.2, -0.15) is 0 Å². The van der Waals surface area contributed by atoms with Crippen molar-refractivity contribution in [2.75, 3.05) is 33.5 Å². The van der Waals surface area contributed by atoms with Crippen LogP contribution in [0, 0.1) is 0 Å². The molecule has 0 radical (unpaired) electrons. The molecule has 1 atom stereocenters. The summed E-state index contributed by atoms with van der Waals surface area (Å²) in [6.07, 6.45) is 0. The fourth-order valence-corrected chi connectivity index (χ4v) is 4.99. The summed E-state index contributed by atoms with van der Waals surface area (Å²) in [6.45, 7) is 11.0. The maximum absolute atomic E-state index is 13.0. The number of hydrogen-bond donors (Lipinski definition) is 4. The number of aliphatic hydroxyl groups is 1. The first kappa shape index (κ1) is 32.1. The van der Waals surface area contributed by atoms with Crippen molar-refractivity contribution >= 4 is 48.6 Å². The molecule has 2 aromatic carbocycles. The molecule has 41 heavy (non-hydrogen) atoms. The number of nitrogens with one attached hydrogen (secondary N) is 3. The zero-order valence-electron chi connectivity index (χ0n) is 24.2. The van der Waals surface area contributed by atoms with Crippen molar-refractivity contribution in [2.24, 2.45) is 0 Å². The summed E-state index contributed by atoms with van der Waals surface area (Å²) >= 11 is 6.37. The Bertz CT molecular complexity index is 1380. The summed E-state index contributed by atoms with van der Waals surface area (Å²) in [5.74, 6) is -0.940. The quantitative estimate of drug-likeness (QED) is 0.135. The molecule has 1 heterocycles. The summed E-state index contributed by atoms with van der Waals surface area (Å²) in [4.78, 5) is 39.9. The lowest BCUT2D eigenvalue weighted by Crippen LogP contribution is -2.43. The Morgan fingerprint density at radius 2 is 1.78 bits per heavy atom. The van der Waals surface area contributed by atoms with E-state index >= 15 is 0 Å². The van der Waals surface area contributed by atoms with E-state index in [1.165, 1.54) is 7.11 Å². The van der Waals surface area contributed by atoms with E-state index in [4.69, 9.17) is 25.5 Å². The van der Waals surface area contributed by atoms with Gasteiger partial charge in [-0.15, -0.1) is 0 Å². The van der Waals surface area contributed by atoms with Crippen LogP contribution in [0.3, 0.4) is 0 Å². The normalized spacial score (nSPS) is 12.6. The first-order valence-electron chi connectivity index (χ1n) is 13.2. The Morgan fingerprint density at radius 1 is 1.10 bits per heavy atom. The third-order valence-corrected chi connectivity index (χ3v) is 12.0. The minimum Gasteiger partial charge on any atom is -0.482 e. The van der Waals surface area contributed by atoms with Crippen molar-refractivity contribution in [1.82, 2.24) is 15.6 Å². The highest BCUT2D eigenvalue weighted by Crippen LogP contribution is 2.36. The maximum Gasteiger partial charge on any atom is 0.337 e. The summed E-state index contributed by atoms with van der Waals surface area (Å²) in [5.41, 5.74) is 1.81. The zero-order chi connectivity index (χ0) is 30.4. The lowest BCUT2D eigenvalue weighted by molar-refractivity contribution is -0.123. The van der Waals surface area contributed by atoms with E-state index in [1.807, 2.05) is 0 Å². The van der Waals surface area contributed by atoms with Crippen LogP contribution >= 0.6 is 11.6 Å². The van der Waals surface area contributed by atoms with Crippen LogP contribution in [0.5, 0.6) is 5.75 Å².